The van der Waals surface area contributed by atoms with Gasteiger partial charge in [-0.2, -0.15) is 0 Å². The first-order chi connectivity index (χ1) is 21.3. The maximum atomic E-state index is 10.5. The molecule has 8 nitrogen and oxygen atoms in total. The third-order valence-corrected chi connectivity index (χ3v) is 6.20. The van der Waals surface area contributed by atoms with E-state index < -0.39 is 11.9 Å². The van der Waals surface area contributed by atoms with Crippen molar-refractivity contribution in [3.8, 4) is 11.5 Å². The molecule has 1 radical (unpaired) electrons. The number of carboxylic acids is 2. The zero-order valence-corrected chi connectivity index (χ0v) is 29.3. The number of carbonyl (C=O) groups is 2. The van der Waals surface area contributed by atoms with Gasteiger partial charge in [-0.3, -0.25) is 9.98 Å². The Morgan fingerprint density at radius 3 is 1.32 bits per heavy atom. The number of carboxylic acid groups (broad SMARTS) is 2. The Hall–Kier alpha value is -4.47. The fourth-order valence-electron chi connectivity index (χ4n) is 4.65. The minimum atomic E-state index is -1.08. The van der Waals surface area contributed by atoms with Crippen molar-refractivity contribution in [2.75, 3.05) is 0 Å². The van der Waals surface area contributed by atoms with Crippen LogP contribution in [0.3, 0.4) is 0 Å². The molecule has 0 amide bonds. The predicted octanol–water partition coefficient (Wildman–Crippen LogP) is 6.44. The van der Waals surface area contributed by atoms with Crippen molar-refractivity contribution in [1.82, 2.24) is 0 Å². The molecule has 0 bridgehead atoms. The zero-order chi connectivity index (χ0) is 34.7. The Morgan fingerprint density at radius 2 is 1.00 bits per heavy atom. The van der Waals surface area contributed by atoms with Gasteiger partial charge in [0, 0.05) is 40.9 Å². The van der Waals surface area contributed by atoms with Gasteiger partial charge in [-0.15, -0.1) is 0 Å². The molecule has 251 valence electrons. The fourth-order valence-corrected chi connectivity index (χ4v) is 4.65. The molecule has 0 heterocycles. The molecule has 2 N–H and O–H groups in total. The smallest absolute Gasteiger partial charge is 0.550 e. The summed E-state index contributed by atoms with van der Waals surface area (Å²) in [4.78, 5) is 27.3. The molecular formula is C38H44CoN2O6. The summed E-state index contributed by atoms with van der Waals surface area (Å²) < 4.78 is 0. The number of fused-ring (bicyclic) bond motifs is 1. The number of phenolic OH excluding ortho intramolecular Hbond substituents is 2. The number of rotatable bonds is 6. The summed E-state index contributed by atoms with van der Waals surface area (Å²) in [5.41, 5.74) is 5.52. The van der Waals surface area contributed by atoms with Gasteiger partial charge in [-0.1, -0.05) is 77.9 Å². The van der Waals surface area contributed by atoms with E-state index in [0.717, 1.165) is 60.0 Å². The Bertz CT molecular complexity index is 1590. The van der Waals surface area contributed by atoms with E-state index in [1.807, 2.05) is 60.7 Å². The van der Waals surface area contributed by atoms with Crippen LogP contribution < -0.4 is 10.2 Å². The standard InChI is InChI=1S/C34H38N2O2.2C2H4O2.Co/c1-33(2,3)19-23-13-15-30(37)26(17-23)21-35-28-11-7-9-25-10-8-12-29(32(25)28)36-22-27-18-24(14-16-31(27)38)20-34(4,5)6;2*1-2(3)4;/h7-18,21-22,37-38H,19-20H2,1-6H3;2*1H3,(H,3,4);/q;;;+2/p-2. The number of nitrogens with zero attached hydrogens (tertiary/aromatic N) is 2. The van der Waals surface area contributed by atoms with Crippen LogP contribution in [0, 0.1) is 10.8 Å². The number of aliphatic carboxylic acids is 2. The summed E-state index contributed by atoms with van der Waals surface area (Å²) >= 11 is 0. The van der Waals surface area contributed by atoms with Gasteiger partial charge >= 0.3 is 16.8 Å². The molecule has 0 aliphatic heterocycles. The maximum absolute atomic E-state index is 10.5. The molecule has 0 atom stereocenters. The monoisotopic (exact) mass is 683 g/mol. The van der Waals surface area contributed by atoms with E-state index in [1.54, 1.807) is 24.6 Å². The second-order valence-corrected chi connectivity index (χ2v) is 13.4. The number of phenols is 2. The third-order valence-electron chi connectivity index (χ3n) is 6.20. The van der Waals surface area contributed by atoms with Crippen molar-refractivity contribution in [1.29, 1.82) is 0 Å². The molecule has 0 aliphatic carbocycles. The van der Waals surface area contributed by atoms with Gasteiger partial charge in [-0.05, 0) is 90.4 Å². The largest absolute Gasteiger partial charge is 2.00 e. The number of aromatic hydroxyl groups is 2. The summed E-state index contributed by atoms with van der Waals surface area (Å²) in [5, 5.41) is 40.7. The normalized spacial score (nSPS) is 11.3. The molecule has 0 fully saturated rings. The summed E-state index contributed by atoms with van der Waals surface area (Å²) in [5.74, 6) is -1.76. The fraction of sp³-hybridized carbons (Fsp3) is 0.316. The van der Waals surface area contributed by atoms with E-state index >= 15 is 0 Å². The Kier molecular flexibility index (Phi) is 15.5. The van der Waals surface area contributed by atoms with E-state index in [4.69, 9.17) is 29.8 Å². The van der Waals surface area contributed by atoms with Crippen molar-refractivity contribution in [2.45, 2.75) is 68.2 Å². The summed E-state index contributed by atoms with van der Waals surface area (Å²) in [7, 11) is 0. The number of hydrogen-bond acceptors (Lipinski definition) is 8. The SMILES string of the molecule is CC(=O)[O-].CC(=O)[O-].CC(C)(C)Cc1ccc(O)c(C=Nc2cccc3cccc(N=Cc4cc(CC(C)(C)C)ccc4O)c23)c1.[Co+2]. The Labute approximate surface area is 288 Å². The summed E-state index contributed by atoms with van der Waals surface area (Å²) in [6.07, 6.45) is 5.26. The van der Waals surface area contributed by atoms with Gasteiger partial charge in [0.2, 0.25) is 0 Å². The molecule has 4 aromatic carbocycles. The van der Waals surface area contributed by atoms with Crippen LogP contribution in [0.25, 0.3) is 10.8 Å². The molecular weight excluding hydrogens is 639 g/mol. The number of benzene rings is 4. The van der Waals surface area contributed by atoms with Crippen LogP contribution in [-0.2, 0) is 39.2 Å². The molecule has 0 aromatic heterocycles. The Morgan fingerprint density at radius 1 is 0.660 bits per heavy atom. The van der Waals surface area contributed by atoms with Gasteiger partial charge in [0.05, 0.1) is 11.4 Å². The average molecular weight is 684 g/mol. The van der Waals surface area contributed by atoms with Crippen molar-refractivity contribution < 1.29 is 46.8 Å². The molecule has 0 aliphatic rings. The summed E-state index contributed by atoms with van der Waals surface area (Å²) in [6, 6.07) is 23.3. The predicted molar refractivity (Wildman–Crippen MR) is 182 cm³/mol. The van der Waals surface area contributed by atoms with Gasteiger partial charge in [0.15, 0.2) is 0 Å². The second kappa shape index (κ2) is 18.0. The molecule has 0 spiro atoms. The van der Waals surface area contributed by atoms with Crippen LogP contribution in [0.5, 0.6) is 11.5 Å². The second-order valence-electron chi connectivity index (χ2n) is 13.4. The zero-order valence-electron chi connectivity index (χ0n) is 28.3. The van der Waals surface area contributed by atoms with E-state index in [0.29, 0.717) is 11.1 Å². The molecule has 47 heavy (non-hydrogen) atoms. The molecule has 4 aromatic rings. The van der Waals surface area contributed by atoms with E-state index in [-0.39, 0.29) is 39.1 Å². The molecule has 4 rings (SSSR count). The topological polar surface area (TPSA) is 145 Å². The first-order valence-corrected chi connectivity index (χ1v) is 14.9. The average Bonchev–Trinajstić information content (AvgIpc) is 2.91. The van der Waals surface area contributed by atoms with E-state index in [1.165, 1.54) is 0 Å². The van der Waals surface area contributed by atoms with Crippen LogP contribution in [-0.4, -0.2) is 34.6 Å². The molecule has 0 saturated carbocycles. The van der Waals surface area contributed by atoms with Crippen molar-refractivity contribution in [3.63, 3.8) is 0 Å². The first kappa shape index (κ1) is 40.6. The number of aliphatic imine (C=N–C) groups is 2. The minimum absolute atomic E-state index is 0. The van der Waals surface area contributed by atoms with Gasteiger partial charge in [0.25, 0.3) is 0 Å². The quantitative estimate of drug-likeness (QED) is 0.224. The molecule has 0 saturated heterocycles. The van der Waals surface area contributed by atoms with Crippen molar-refractivity contribution in [2.24, 2.45) is 20.8 Å². The van der Waals surface area contributed by atoms with Gasteiger partial charge in [-0.25, -0.2) is 0 Å². The van der Waals surface area contributed by atoms with Crippen LogP contribution >= 0.6 is 0 Å². The van der Waals surface area contributed by atoms with Crippen LogP contribution in [0.2, 0.25) is 0 Å². The van der Waals surface area contributed by atoms with Gasteiger partial charge < -0.3 is 30.0 Å². The third kappa shape index (κ3) is 15.1. The van der Waals surface area contributed by atoms with Gasteiger partial charge in [0.1, 0.15) is 11.5 Å². The van der Waals surface area contributed by atoms with Crippen LogP contribution in [0.15, 0.2) is 82.8 Å². The van der Waals surface area contributed by atoms with E-state index in [2.05, 4.69) is 41.5 Å². The Balaban J connectivity index is 0.00000110. The van der Waals surface area contributed by atoms with Crippen LogP contribution in [0.4, 0.5) is 11.4 Å². The number of hydrogen-bond donors (Lipinski definition) is 2. The van der Waals surface area contributed by atoms with Crippen LogP contribution in [0.1, 0.15) is 77.6 Å². The first-order valence-electron chi connectivity index (χ1n) is 14.9. The van der Waals surface area contributed by atoms with Crippen molar-refractivity contribution >= 4 is 46.5 Å². The molecule has 0 unspecified atom stereocenters. The summed E-state index contributed by atoms with van der Waals surface area (Å²) in [6.45, 7) is 15.1. The van der Waals surface area contributed by atoms with E-state index in [9.17, 15) is 10.2 Å². The minimum Gasteiger partial charge on any atom is -0.550 e. The maximum Gasteiger partial charge on any atom is 2.00 e. The molecule has 9 heteroatoms. The number of carbonyl (C=O) groups excluding carboxylic acids is 2. The van der Waals surface area contributed by atoms with Crippen molar-refractivity contribution in [3.05, 3.63) is 95.1 Å².